The van der Waals surface area contributed by atoms with Crippen molar-refractivity contribution < 1.29 is 19.1 Å². The van der Waals surface area contributed by atoms with Crippen LogP contribution in [0, 0.1) is 11.8 Å². The van der Waals surface area contributed by atoms with Gasteiger partial charge in [-0.3, -0.25) is 9.59 Å². The topological polar surface area (TPSA) is 52.6 Å². The fraction of sp³-hybridized carbons (Fsp3) is 0.857. The first kappa shape index (κ1) is 28.7. The van der Waals surface area contributed by atoms with Crippen molar-refractivity contribution in [1.29, 1.82) is 0 Å². The molecule has 2 atom stereocenters. The predicted molar refractivity (Wildman–Crippen MR) is 132 cm³/mol. The Balaban J connectivity index is 2.12. The van der Waals surface area contributed by atoms with E-state index < -0.39 is 0 Å². The van der Waals surface area contributed by atoms with Crippen LogP contribution in [0.4, 0.5) is 0 Å². The van der Waals surface area contributed by atoms with E-state index >= 15 is 0 Å². The van der Waals surface area contributed by atoms with Crippen LogP contribution in [-0.4, -0.2) is 25.2 Å². The average molecular weight is 451 g/mol. The Kier molecular flexibility index (Phi) is 18.2. The number of carbonyl (C=O) groups excluding carboxylic acids is 2. The molecule has 0 saturated heterocycles. The smallest absolute Gasteiger partial charge is 0.310 e. The summed E-state index contributed by atoms with van der Waals surface area (Å²) in [4.78, 5) is 25.1. The molecular formula is C28H50O4. The molecule has 0 aromatic carbocycles. The first-order valence-corrected chi connectivity index (χ1v) is 13.7. The van der Waals surface area contributed by atoms with Gasteiger partial charge in [0.25, 0.3) is 0 Å². The third kappa shape index (κ3) is 14.0. The summed E-state index contributed by atoms with van der Waals surface area (Å²) < 4.78 is 11.0. The number of hydrogen-bond donors (Lipinski definition) is 0. The predicted octanol–water partition coefficient (Wildman–Crippen LogP) is 7.94. The van der Waals surface area contributed by atoms with Crippen molar-refractivity contribution in [3.63, 3.8) is 0 Å². The summed E-state index contributed by atoms with van der Waals surface area (Å²) in [5.41, 5.74) is 0. The molecule has 1 rings (SSSR count). The zero-order chi connectivity index (χ0) is 23.3. The van der Waals surface area contributed by atoms with E-state index in [-0.39, 0.29) is 23.8 Å². The van der Waals surface area contributed by atoms with Crippen LogP contribution in [0.3, 0.4) is 0 Å². The largest absolute Gasteiger partial charge is 0.465 e. The Hall–Kier alpha value is -1.32. The zero-order valence-corrected chi connectivity index (χ0v) is 21.1. The van der Waals surface area contributed by atoms with Crippen LogP contribution in [0.25, 0.3) is 0 Å². The fourth-order valence-corrected chi connectivity index (χ4v) is 4.37. The SMILES string of the molecule is CCCCCCCCCCCCCOC(=O)C1CC=CCC1C(=O)OCCCCCCC. The quantitative estimate of drug-likeness (QED) is 0.107. The fourth-order valence-electron chi connectivity index (χ4n) is 4.37. The highest BCUT2D eigenvalue weighted by atomic mass is 16.5. The number of ether oxygens (including phenoxy) is 2. The number of esters is 2. The molecule has 0 spiro atoms. The molecule has 0 aromatic heterocycles. The van der Waals surface area contributed by atoms with Crippen LogP contribution < -0.4 is 0 Å². The Labute approximate surface area is 197 Å². The summed E-state index contributed by atoms with van der Waals surface area (Å²) in [5.74, 6) is -1.24. The van der Waals surface area contributed by atoms with E-state index in [9.17, 15) is 9.59 Å². The zero-order valence-electron chi connectivity index (χ0n) is 21.1. The maximum Gasteiger partial charge on any atom is 0.310 e. The van der Waals surface area contributed by atoms with Crippen molar-refractivity contribution in [3.8, 4) is 0 Å². The van der Waals surface area contributed by atoms with Crippen molar-refractivity contribution >= 4 is 11.9 Å². The summed E-state index contributed by atoms with van der Waals surface area (Å²) in [6.45, 7) is 5.37. The number of unbranched alkanes of at least 4 members (excludes halogenated alkanes) is 14. The second-order valence-electron chi connectivity index (χ2n) is 9.44. The molecule has 2 unspecified atom stereocenters. The van der Waals surface area contributed by atoms with Gasteiger partial charge >= 0.3 is 11.9 Å². The van der Waals surface area contributed by atoms with Crippen LogP contribution in [0.1, 0.15) is 129 Å². The van der Waals surface area contributed by atoms with Crippen LogP contribution >= 0.6 is 0 Å². The van der Waals surface area contributed by atoms with Gasteiger partial charge in [-0.1, -0.05) is 116 Å². The number of carbonyl (C=O) groups is 2. The van der Waals surface area contributed by atoms with E-state index in [1.807, 2.05) is 12.2 Å². The minimum Gasteiger partial charge on any atom is -0.465 e. The van der Waals surface area contributed by atoms with Crippen LogP contribution in [-0.2, 0) is 19.1 Å². The molecule has 186 valence electrons. The van der Waals surface area contributed by atoms with Crippen molar-refractivity contribution in [3.05, 3.63) is 12.2 Å². The molecular weight excluding hydrogens is 400 g/mol. The summed E-state index contributed by atoms with van der Waals surface area (Å²) in [6, 6.07) is 0. The highest BCUT2D eigenvalue weighted by Crippen LogP contribution is 2.28. The lowest BCUT2D eigenvalue weighted by Crippen LogP contribution is -2.34. The Morgan fingerprint density at radius 2 is 0.875 bits per heavy atom. The molecule has 4 nitrogen and oxygen atoms in total. The molecule has 0 saturated carbocycles. The standard InChI is InChI=1S/C28H50O4/c1-3-5-7-9-10-11-12-13-14-16-20-24-32-28(30)26-22-18-17-21-25(26)27(29)31-23-19-15-8-6-4-2/h17-18,25-26H,3-16,19-24H2,1-2H3. The van der Waals surface area contributed by atoms with Crippen LogP contribution in [0.2, 0.25) is 0 Å². The minimum absolute atomic E-state index is 0.230. The minimum atomic E-state index is -0.389. The molecule has 0 amide bonds. The van der Waals surface area contributed by atoms with Crippen LogP contribution in [0.15, 0.2) is 12.2 Å². The molecule has 0 radical (unpaired) electrons. The van der Waals surface area contributed by atoms with E-state index in [0.717, 1.165) is 25.7 Å². The number of hydrogen-bond acceptors (Lipinski definition) is 4. The van der Waals surface area contributed by atoms with Gasteiger partial charge in [0.2, 0.25) is 0 Å². The third-order valence-electron chi connectivity index (χ3n) is 6.52. The summed E-state index contributed by atoms with van der Waals surface area (Å²) in [7, 11) is 0. The van der Waals surface area contributed by atoms with E-state index in [1.54, 1.807) is 0 Å². The molecule has 0 aromatic rings. The van der Waals surface area contributed by atoms with Gasteiger partial charge in [0.05, 0.1) is 25.0 Å². The van der Waals surface area contributed by atoms with Gasteiger partial charge in [-0.15, -0.1) is 0 Å². The highest BCUT2D eigenvalue weighted by Gasteiger charge is 2.36. The number of rotatable bonds is 20. The van der Waals surface area contributed by atoms with Gasteiger partial charge in [0.1, 0.15) is 0 Å². The van der Waals surface area contributed by atoms with E-state index in [2.05, 4.69) is 13.8 Å². The maximum absolute atomic E-state index is 12.6. The van der Waals surface area contributed by atoms with E-state index in [0.29, 0.717) is 26.1 Å². The molecule has 32 heavy (non-hydrogen) atoms. The van der Waals surface area contributed by atoms with Crippen LogP contribution in [0.5, 0.6) is 0 Å². The van der Waals surface area contributed by atoms with Crippen molar-refractivity contribution in [2.45, 2.75) is 129 Å². The first-order valence-electron chi connectivity index (χ1n) is 13.7. The Morgan fingerprint density at radius 1 is 0.562 bits per heavy atom. The van der Waals surface area contributed by atoms with Gasteiger partial charge < -0.3 is 9.47 Å². The summed E-state index contributed by atoms with van der Waals surface area (Å²) in [5, 5.41) is 0. The van der Waals surface area contributed by atoms with Gasteiger partial charge in [-0.25, -0.2) is 0 Å². The normalized spacial score (nSPS) is 17.9. The molecule has 0 heterocycles. The average Bonchev–Trinajstić information content (AvgIpc) is 2.81. The molecule has 1 aliphatic carbocycles. The van der Waals surface area contributed by atoms with Gasteiger partial charge in [-0.2, -0.15) is 0 Å². The monoisotopic (exact) mass is 450 g/mol. The van der Waals surface area contributed by atoms with Gasteiger partial charge in [0, 0.05) is 0 Å². The molecule has 0 N–H and O–H groups in total. The molecule has 0 fully saturated rings. The lowest BCUT2D eigenvalue weighted by atomic mass is 9.83. The van der Waals surface area contributed by atoms with Gasteiger partial charge in [-0.05, 0) is 25.7 Å². The van der Waals surface area contributed by atoms with Crippen molar-refractivity contribution in [2.24, 2.45) is 11.8 Å². The second-order valence-corrected chi connectivity index (χ2v) is 9.44. The third-order valence-corrected chi connectivity index (χ3v) is 6.52. The van der Waals surface area contributed by atoms with E-state index in [4.69, 9.17) is 9.47 Å². The lowest BCUT2D eigenvalue weighted by Gasteiger charge is -2.25. The maximum atomic E-state index is 12.6. The first-order chi connectivity index (χ1) is 15.7. The van der Waals surface area contributed by atoms with Crippen molar-refractivity contribution in [2.75, 3.05) is 13.2 Å². The second kappa shape index (κ2) is 20.3. The Bertz CT molecular complexity index is 500. The molecule has 0 bridgehead atoms. The molecule has 4 heteroatoms. The van der Waals surface area contributed by atoms with Crippen molar-refractivity contribution in [1.82, 2.24) is 0 Å². The van der Waals surface area contributed by atoms with Gasteiger partial charge in [0.15, 0.2) is 0 Å². The van der Waals surface area contributed by atoms with E-state index in [1.165, 1.54) is 77.0 Å². The number of allylic oxidation sites excluding steroid dienone is 2. The highest BCUT2D eigenvalue weighted by molar-refractivity contribution is 5.82. The summed E-state index contributed by atoms with van der Waals surface area (Å²) >= 11 is 0. The Morgan fingerprint density at radius 3 is 1.22 bits per heavy atom. The summed E-state index contributed by atoms with van der Waals surface area (Å²) in [6.07, 6.45) is 24.8. The molecule has 1 aliphatic rings. The lowest BCUT2D eigenvalue weighted by molar-refractivity contribution is -0.161. The molecule has 0 aliphatic heterocycles.